The molecule has 0 fully saturated rings. The largest absolute Gasteiger partial charge is 0.505 e. The summed E-state index contributed by atoms with van der Waals surface area (Å²) in [5, 5.41) is 23.7. The molecule has 0 atom stereocenters. The topological polar surface area (TPSA) is 104 Å². The molecule has 0 radical (unpaired) electrons. The number of carbonyl (C=O) groups excluding carboxylic acids is 2. The number of aromatic hydroxyl groups is 1. The first-order valence-electron chi connectivity index (χ1n) is 7.18. The van der Waals surface area contributed by atoms with Gasteiger partial charge >= 0.3 is 0 Å². The SMILES string of the molecule is CC(=O)Nc1cccc(NC(=O)c2nnc3ccccc3c2O)c1. The number of hydrogen-bond donors (Lipinski definition) is 3. The zero-order valence-corrected chi connectivity index (χ0v) is 12.8. The highest BCUT2D eigenvalue weighted by Gasteiger charge is 2.17. The van der Waals surface area contributed by atoms with E-state index in [4.69, 9.17) is 0 Å². The molecule has 0 aliphatic heterocycles. The van der Waals surface area contributed by atoms with Gasteiger partial charge in [-0.3, -0.25) is 9.59 Å². The summed E-state index contributed by atoms with van der Waals surface area (Å²) < 4.78 is 0. The molecule has 3 aromatic rings. The zero-order chi connectivity index (χ0) is 17.1. The van der Waals surface area contributed by atoms with Gasteiger partial charge < -0.3 is 15.7 Å². The molecule has 3 N–H and O–H groups in total. The van der Waals surface area contributed by atoms with Gasteiger partial charge in [-0.1, -0.05) is 18.2 Å². The number of benzene rings is 2. The van der Waals surface area contributed by atoms with Crippen LogP contribution >= 0.6 is 0 Å². The van der Waals surface area contributed by atoms with Crippen LogP contribution in [-0.2, 0) is 4.79 Å². The molecule has 0 aliphatic rings. The average Bonchev–Trinajstić information content (AvgIpc) is 2.55. The molecule has 120 valence electrons. The fourth-order valence-corrected chi connectivity index (χ4v) is 2.26. The summed E-state index contributed by atoms with van der Waals surface area (Å²) in [4.78, 5) is 23.4. The van der Waals surface area contributed by atoms with Crippen molar-refractivity contribution in [3.05, 3.63) is 54.2 Å². The summed E-state index contributed by atoms with van der Waals surface area (Å²) >= 11 is 0. The monoisotopic (exact) mass is 322 g/mol. The van der Waals surface area contributed by atoms with E-state index in [0.29, 0.717) is 22.3 Å². The first-order chi connectivity index (χ1) is 11.5. The lowest BCUT2D eigenvalue weighted by Crippen LogP contribution is -2.15. The minimum absolute atomic E-state index is 0.168. The van der Waals surface area contributed by atoms with E-state index in [1.54, 1.807) is 48.5 Å². The molecule has 2 aromatic carbocycles. The number of amides is 2. The van der Waals surface area contributed by atoms with Crippen LogP contribution < -0.4 is 10.6 Å². The summed E-state index contributed by atoms with van der Waals surface area (Å²) in [6.07, 6.45) is 0. The van der Waals surface area contributed by atoms with Crippen molar-refractivity contribution in [2.24, 2.45) is 0 Å². The average molecular weight is 322 g/mol. The van der Waals surface area contributed by atoms with Gasteiger partial charge in [0.25, 0.3) is 5.91 Å². The number of fused-ring (bicyclic) bond motifs is 1. The minimum Gasteiger partial charge on any atom is -0.505 e. The molecule has 1 heterocycles. The van der Waals surface area contributed by atoms with Crippen LogP contribution in [0.2, 0.25) is 0 Å². The van der Waals surface area contributed by atoms with Gasteiger partial charge in [0, 0.05) is 23.7 Å². The normalized spacial score (nSPS) is 10.4. The molecule has 0 saturated heterocycles. The van der Waals surface area contributed by atoms with E-state index in [9.17, 15) is 14.7 Å². The third-order valence-corrected chi connectivity index (χ3v) is 3.30. The molecule has 0 saturated carbocycles. The number of nitrogens with zero attached hydrogens (tertiary/aromatic N) is 2. The zero-order valence-electron chi connectivity index (χ0n) is 12.8. The van der Waals surface area contributed by atoms with Crippen molar-refractivity contribution in [3.63, 3.8) is 0 Å². The van der Waals surface area contributed by atoms with E-state index >= 15 is 0 Å². The van der Waals surface area contributed by atoms with Gasteiger partial charge in [0.15, 0.2) is 11.4 Å². The molecule has 24 heavy (non-hydrogen) atoms. The Kier molecular flexibility index (Phi) is 4.07. The smallest absolute Gasteiger partial charge is 0.280 e. The number of aromatic nitrogens is 2. The van der Waals surface area contributed by atoms with Gasteiger partial charge in [-0.2, -0.15) is 0 Å². The predicted octanol–water partition coefficient (Wildman–Crippen LogP) is 2.55. The van der Waals surface area contributed by atoms with Crippen molar-refractivity contribution in [2.45, 2.75) is 6.92 Å². The van der Waals surface area contributed by atoms with Crippen LogP contribution in [0.1, 0.15) is 17.4 Å². The Morgan fingerprint density at radius 3 is 2.42 bits per heavy atom. The lowest BCUT2D eigenvalue weighted by molar-refractivity contribution is -0.114. The number of carbonyl (C=O) groups is 2. The Morgan fingerprint density at radius 2 is 1.67 bits per heavy atom. The van der Waals surface area contributed by atoms with Gasteiger partial charge in [-0.15, -0.1) is 10.2 Å². The molecule has 0 aliphatic carbocycles. The number of nitrogens with one attached hydrogen (secondary N) is 2. The Balaban J connectivity index is 1.88. The first-order valence-corrected chi connectivity index (χ1v) is 7.18. The second kappa shape index (κ2) is 6.33. The van der Waals surface area contributed by atoms with Crippen LogP contribution in [0, 0.1) is 0 Å². The molecule has 7 heteroatoms. The summed E-state index contributed by atoms with van der Waals surface area (Å²) in [6, 6.07) is 13.5. The molecule has 3 rings (SSSR count). The lowest BCUT2D eigenvalue weighted by Gasteiger charge is -2.09. The highest BCUT2D eigenvalue weighted by molar-refractivity contribution is 6.07. The van der Waals surface area contributed by atoms with Gasteiger partial charge in [-0.25, -0.2) is 0 Å². The van der Waals surface area contributed by atoms with E-state index in [2.05, 4.69) is 20.8 Å². The highest BCUT2D eigenvalue weighted by atomic mass is 16.3. The molecule has 0 bridgehead atoms. The number of hydrogen-bond acceptors (Lipinski definition) is 5. The first kappa shape index (κ1) is 15.4. The Hall–Kier alpha value is -3.48. The van der Waals surface area contributed by atoms with Crippen LogP contribution in [0.15, 0.2) is 48.5 Å². The van der Waals surface area contributed by atoms with Crippen molar-refractivity contribution in [1.82, 2.24) is 10.2 Å². The maximum atomic E-state index is 12.4. The third kappa shape index (κ3) is 3.14. The lowest BCUT2D eigenvalue weighted by atomic mass is 10.2. The maximum Gasteiger partial charge on any atom is 0.280 e. The molecule has 0 unspecified atom stereocenters. The van der Waals surface area contributed by atoms with Crippen molar-refractivity contribution in [3.8, 4) is 5.75 Å². The molecular weight excluding hydrogens is 308 g/mol. The Morgan fingerprint density at radius 1 is 0.958 bits per heavy atom. The molecule has 0 spiro atoms. The van der Waals surface area contributed by atoms with Crippen LogP contribution in [-0.4, -0.2) is 27.1 Å². The van der Waals surface area contributed by atoms with Crippen LogP contribution in [0.3, 0.4) is 0 Å². The van der Waals surface area contributed by atoms with Crippen LogP contribution in [0.5, 0.6) is 5.75 Å². The number of rotatable bonds is 3. The van der Waals surface area contributed by atoms with E-state index in [0.717, 1.165) is 0 Å². The van der Waals surface area contributed by atoms with Gasteiger partial charge in [0.05, 0.1) is 5.52 Å². The van der Waals surface area contributed by atoms with Crippen LogP contribution in [0.4, 0.5) is 11.4 Å². The maximum absolute atomic E-state index is 12.4. The fraction of sp³-hybridized carbons (Fsp3) is 0.0588. The highest BCUT2D eigenvalue weighted by Crippen LogP contribution is 2.26. The molecule has 1 aromatic heterocycles. The van der Waals surface area contributed by atoms with Gasteiger partial charge in [0.1, 0.15) is 0 Å². The summed E-state index contributed by atoms with van der Waals surface area (Å²) in [7, 11) is 0. The van der Waals surface area contributed by atoms with Crippen molar-refractivity contribution >= 4 is 34.1 Å². The fourth-order valence-electron chi connectivity index (χ4n) is 2.26. The van der Waals surface area contributed by atoms with Gasteiger partial charge in [0.2, 0.25) is 5.91 Å². The summed E-state index contributed by atoms with van der Waals surface area (Å²) in [5.41, 5.74) is 1.34. The van der Waals surface area contributed by atoms with Crippen molar-refractivity contribution in [1.29, 1.82) is 0 Å². The van der Waals surface area contributed by atoms with Crippen LogP contribution in [0.25, 0.3) is 10.9 Å². The van der Waals surface area contributed by atoms with E-state index in [-0.39, 0.29) is 17.4 Å². The summed E-state index contributed by atoms with van der Waals surface area (Å²) in [5.74, 6) is -1.03. The standard InChI is InChI=1S/C17H14N4O3/c1-10(22)18-11-5-4-6-12(9-11)19-17(24)15-16(23)13-7-2-3-8-14(13)20-21-15/h2-9H,1H3,(H,18,22)(H,19,24)(H,20,23). The number of anilines is 2. The van der Waals surface area contributed by atoms with Crippen molar-refractivity contribution in [2.75, 3.05) is 10.6 Å². The van der Waals surface area contributed by atoms with E-state index in [1.165, 1.54) is 6.92 Å². The second-order valence-electron chi connectivity index (χ2n) is 5.13. The predicted molar refractivity (Wildman–Crippen MR) is 89.9 cm³/mol. The Bertz CT molecular complexity index is 940. The second-order valence-corrected chi connectivity index (χ2v) is 5.13. The Labute approximate surface area is 137 Å². The quantitative estimate of drug-likeness (QED) is 0.687. The molecule has 7 nitrogen and oxygen atoms in total. The van der Waals surface area contributed by atoms with E-state index < -0.39 is 5.91 Å². The molecule has 2 amide bonds. The third-order valence-electron chi connectivity index (χ3n) is 3.30. The minimum atomic E-state index is -0.592. The molecular formula is C17H14N4O3. The van der Waals surface area contributed by atoms with Gasteiger partial charge in [-0.05, 0) is 30.3 Å². The van der Waals surface area contributed by atoms with E-state index in [1.807, 2.05) is 0 Å². The van der Waals surface area contributed by atoms with Crippen molar-refractivity contribution < 1.29 is 14.7 Å². The summed E-state index contributed by atoms with van der Waals surface area (Å²) in [6.45, 7) is 1.40.